The van der Waals surface area contributed by atoms with Crippen LogP contribution in [0.3, 0.4) is 0 Å². The molecule has 3 aliphatic rings. The van der Waals surface area contributed by atoms with Crippen LogP contribution in [0.5, 0.6) is 0 Å². The van der Waals surface area contributed by atoms with Crippen LogP contribution < -0.4 is 0 Å². The van der Waals surface area contributed by atoms with Crippen molar-refractivity contribution in [3.8, 4) is 0 Å². The van der Waals surface area contributed by atoms with Gasteiger partial charge in [-0.15, -0.1) is 0 Å². The Morgan fingerprint density at radius 2 is 2.00 bits per heavy atom. The number of fused-ring (bicyclic) bond motifs is 1. The Bertz CT molecular complexity index is 384. The number of amidine groups is 1. The molecular weight excluding hydrogens is 214 g/mol. The van der Waals surface area contributed by atoms with Gasteiger partial charge in [-0.25, -0.2) is 0 Å². The molecule has 1 atom stereocenters. The van der Waals surface area contributed by atoms with Gasteiger partial charge in [0.05, 0.1) is 25.3 Å². The summed E-state index contributed by atoms with van der Waals surface area (Å²) in [5, 5.41) is 0. The van der Waals surface area contributed by atoms with Crippen molar-refractivity contribution in [3.63, 3.8) is 0 Å². The van der Waals surface area contributed by atoms with Gasteiger partial charge >= 0.3 is 0 Å². The number of hydrogen-bond acceptors (Lipinski definition) is 4. The topological polar surface area (TPSA) is 28.1 Å². The van der Waals surface area contributed by atoms with Crippen LogP contribution in [0.4, 0.5) is 0 Å². The lowest BCUT2D eigenvalue weighted by atomic mass is 10.0. The third kappa shape index (κ3) is 1.79. The van der Waals surface area contributed by atoms with Crippen LogP contribution in [-0.2, 0) is 4.74 Å². The average molecular weight is 235 g/mol. The van der Waals surface area contributed by atoms with Crippen molar-refractivity contribution in [3.05, 3.63) is 11.3 Å². The van der Waals surface area contributed by atoms with Crippen molar-refractivity contribution in [1.29, 1.82) is 0 Å². The molecule has 0 aliphatic carbocycles. The highest BCUT2D eigenvalue weighted by Gasteiger charge is 2.34. The number of aliphatic imine (C=N–C) groups is 1. The molecule has 94 valence electrons. The predicted octanol–water partition coefficient (Wildman–Crippen LogP) is 1.10. The number of nitrogens with zero attached hydrogens (tertiary/aromatic N) is 3. The van der Waals surface area contributed by atoms with Crippen LogP contribution >= 0.6 is 0 Å². The Hall–Kier alpha value is -0.870. The molecule has 0 bridgehead atoms. The summed E-state index contributed by atoms with van der Waals surface area (Å²) in [5.41, 5.74) is 2.91. The first-order chi connectivity index (χ1) is 8.16. The van der Waals surface area contributed by atoms with E-state index in [9.17, 15) is 0 Å². The highest BCUT2D eigenvalue weighted by molar-refractivity contribution is 5.83. The summed E-state index contributed by atoms with van der Waals surface area (Å²) in [7, 11) is 0. The van der Waals surface area contributed by atoms with E-state index >= 15 is 0 Å². The zero-order chi connectivity index (χ0) is 12.0. The van der Waals surface area contributed by atoms with Gasteiger partial charge in [0.15, 0.2) is 0 Å². The van der Waals surface area contributed by atoms with Gasteiger partial charge in [0, 0.05) is 25.3 Å². The fraction of sp³-hybridized carbons (Fsp3) is 0.769. The second kappa shape index (κ2) is 4.10. The maximum absolute atomic E-state index is 5.30. The quantitative estimate of drug-likeness (QED) is 0.681. The van der Waals surface area contributed by atoms with Crippen molar-refractivity contribution in [2.24, 2.45) is 4.99 Å². The van der Waals surface area contributed by atoms with E-state index in [2.05, 4.69) is 30.6 Å². The van der Waals surface area contributed by atoms with Crippen LogP contribution in [0, 0.1) is 0 Å². The smallest absolute Gasteiger partial charge is 0.101 e. The Labute approximate surface area is 103 Å². The number of piperazine rings is 1. The van der Waals surface area contributed by atoms with E-state index in [1.54, 1.807) is 0 Å². The third-order valence-electron chi connectivity index (χ3n) is 4.28. The Morgan fingerprint density at radius 3 is 2.65 bits per heavy atom. The van der Waals surface area contributed by atoms with Gasteiger partial charge in [-0.05, 0) is 26.3 Å². The zero-order valence-corrected chi connectivity index (χ0v) is 10.9. The number of ether oxygens (including phenoxy) is 1. The maximum Gasteiger partial charge on any atom is 0.101 e. The first kappa shape index (κ1) is 11.2. The summed E-state index contributed by atoms with van der Waals surface area (Å²) in [6.45, 7) is 11.6. The van der Waals surface area contributed by atoms with E-state index < -0.39 is 0 Å². The monoisotopic (exact) mass is 235 g/mol. The number of hydrogen-bond donors (Lipinski definition) is 0. The van der Waals surface area contributed by atoms with Gasteiger partial charge in [0.2, 0.25) is 0 Å². The van der Waals surface area contributed by atoms with Crippen molar-refractivity contribution in [2.45, 2.75) is 32.9 Å². The molecule has 0 saturated carbocycles. The Kier molecular flexibility index (Phi) is 2.71. The highest BCUT2D eigenvalue weighted by Crippen LogP contribution is 2.27. The van der Waals surface area contributed by atoms with Crippen LogP contribution in [0.1, 0.15) is 20.8 Å². The largest absolute Gasteiger partial charge is 0.378 e. The van der Waals surface area contributed by atoms with Gasteiger partial charge in [-0.2, -0.15) is 0 Å². The molecule has 3 rings (SSSR count). The fourth-order valence-corrected chi connectivity index (χ4v) is 2.85. The molecule has 0 amide bonds. The molecule has 4 nitrogen and oxygen atoms in total. The van der Waals surface area contributed by atoms with Crippen LogP contribution in [0.2, 0.25) is 0 Å². The molecule has 0 radical (unpaired) electrons. The van der Waals surface area contributed by atoms with E-state index in [-0.39, 0.29) is 0 Å². The standard InChI is InChI=1S/C13H21N3O/c1-9-10(2)14-11(3)16-5-4-15(6-13(9)16)12-7-17-8-12/h10,12H,4-8H2,1-3H3/t10-/m0/s1. The maximum atomic E-state index is 5.30. The summed E-state index contributed by atoms with van der Waals surface area (Å²) in [4.78, 5) is 9.65. The Balaban J connectivity index is 1.81. The fourth-order valence-electron chi connectivity index (χ4n) is 2.85. The lowest BCUT2D eigenvalue weighted by Crippen LogP contribution is -2.57. The number of rotatable bonds is 1. The van der Waals surface area contributed by atoms with E-state index in [4.69, 9.17) is 9.73 Å². The molecule has 4 heteroatoms. The summed E-state index contributed by atoms with van der Waals surface area (Å²) in [5.74, 6) is 1.18. The molecule has 0 aromatic heterocycles. The average Bonchev–Trinajstić information content (AvgIpc) is 2.23. The zero-order valence-electron chi connectivity index (χ0n) is 10.9. The van der Waals surface area contributed by atoms with Crippen LogP contribution in [-0.4, -0.2) is 60.6 Å². The molecule has 0 unspecified atom stereocenters. The van der Waals surface area contributed by atoms with E-state index in [1.165, 1.54) is 17.1 Å². The molecule has 0 N–H and O–H groups in total. The first-order valence-corrected chi connectivity index (χ1v) is 6.50. The lowest BCUT2D eigenvalue weighted by molar-refractivity contribution is -0.0684. The van der Waals surface area contributed by atoms with Crippen molar-refractivity contribution >= 4 is 5.84 Å². The minimum Gasteiger partial charge on any atom is -0.378 e. The predicted molar refractivity (Wildman–Crippen MR) is 68.2 cm³/mol. The first-order valence-electron chi connectivity index (χ1n) is 6.50. The molecule has 3 heterocycles. The van der Waals surface area contributed by atoms with E-state index in [1.807, 2.05) is 0 Å². The van der Waals surface area contributed by atoms with Crippen molar-refractivity contribution in [2.75, 3.05) is 32.8 Å². The molecule has 3 aliphatic heterocycles. The molecule has 0 aromatic carbocycles. The summed E-state index contributed by atoms with van der Waals surface area (Å²) < 4.78 is 5.30. The minimum absolute atomic E-state index is 0.346. The molecule has 2 saturated heterocycles. The molecule has 2 fully saturated rings. The van der Waals surface area contributed by atoms with E-state index in [0.29, 0.717) is 12.1 Å². The molecular formula is C13H21N3O. The van der Waals surface area contributed by atoms with Gasteiger partial charge in [0.1, 0.15) is 5.84 Å². The lowest BCUT2D eigenvalue weighted by Gasteiger charge is -2.46. The third-order valence-corrected chi connectivity index (χ3v) is 4.28. The molecule has 17 heavy (non-hydrogen) atoms. The summed E-state index contributed by atoms with van der Waals surface area (Å²) in [6, 6.07) is 0.991. The Morgan fingerprint density at radius 1 is 1.24 bits per heavy atom. The normalized spacial score (nSPS) is 31.1. The van der Waals surface area contributed by atoms with E-state index in [0.717, 1.165) is 32.8 Å². The van der Waals surface area contributed by atoms with Gasteiger partial charge in [0.25, 0.3) is 0 Å². The van der Waals surface area contributed by atoms with Gasteiger partial charge in [-0.1, -0.05) is 0 Å². The second-order valence-corrected chi connectivity index (χ2v) is 5.30. The van der Waals surface area contributed by atoms with Crippen LogP contribution in [0.15, 0.2) is 16.3 Å². The van der Waals surface area contributed by atoms with Crippen molar-refractivity contribution in [1.82, 2.24) is 9.80 Å². The van der Waals surface area contributed by atoms with Crippen LogP contribution in [0.25, 0.3) is 0 Å². The minimum atomic E-state index is 0.346. The van der Waals surface area contributed by atoms with Gasteiger partial charge in [-0.3, -0.25) is 9.89 Å². The SMILES string of the molecule is CC1=N[C@@H](C)C(C)=C2CN(C3COC3)CCN12. The van der Waals surface area contributed by atoms with Gasteiger partial charge < -0.3 is 9.64 Å². The summed E-state index contributed by atoms with van der Waals surface area (Å²) in [6.07, 6.45) is 0. The summed E-state index contributed by atoms with van der Waals surface area (Å²) >= 11 is 0. The molecule has 0 spiro atoms. The second-order valence-electron chi connectivity index (χ2n) is 5.30. The highest BCUT2D eigenvalue weighted by atomic mass is 16.5. The van der Waals surface area contributed by atoms with Crippen molar-refractivity contribution < 1.29 is 4.74 Å². The molecule has 0 aromatic rings.